The molecule has 4 N–H and O–H groups in total. The van der Waals surface area contributed by atoms with E-state index in [1.165, 1.54) is 5.56 Å². The molecule has 1 aliphatic rings. The van der Waals surface area contributed by atoms with E-state index in [9.17, 15) is 0 Å². The maximum Gasteiger partial charge on any atom is 0.150 e. The van der Waals surface area contributed by atoms with Crippen molar-refractivity contribution in [2.24, 2.45) is 5.73 Å². The minimum absolute atomic E-state index is 0.132. The Morgan fingerprint density at radius 3 is 2.83 bits per heavy atom. The lowest BCUT2D eigenvalue weighted by Crippen LogP contribution is -2.31. The van der Waals surface area contributed by atoms with Gasteiger partial charge in [0.1, 0.15) is 0 Å². The molecule has 64 valence electrons. The first-order valence-corrected chi connectivity index (χ1v) is 4.21. The number of nitrogens with two attached hydrogens (primary N) is 1. The van der Waals surface area contributed by atoms with Gasteiger partial charge in [0.05, 0.1) is 11.4 Å². The van der Waals surface area contributed by atoms with Crippen molar-refractivity contribution < 1.29 is 0 Å². The molecule has 0 bridgehead atoms. The Bertz CT molecular complexity index is 296. The van der Waals surface area contributed by atoms with E-state index < -0.39 is 0 Å². The van der Waals surface area contributed by atoms with Crippen molar-refractivity contribution >= 4 is 11.4 Å². The predicted molar refractivity (Wildman–Crippen MR) is 51.0 cm³/mol. The summed E-state index contributed by atoms with van der Waals surface area (Å²) in [6.45, 7) is 2.14. The van der Waals surface area contributed by atoms with E-state index in [1.54, 1.807) is 0 Å². The Balaban J connectivity index is 2.35. The van der Waals surface area contributed by atoms with E-state index in [0.29, 0.717) is 0 Å². The van der Waals surface area contributed by atoms with Gasteiger partial charge in [0.2, 0.25) is 0 Å². The van der Waals surface area contributed by atoms with E-state index in [-0.39, 0.29) is 6.29 Å². The summed E-state index contributed by atoms with van der Waals surface area (Å²) >= 11 is 0. The molecule has 1 aromatic rings. The second-order valence-corrected chi connectivity index (χ2v) is 3.00. The molecule has 0 fully saturated rings. The van der Waals surface area contributed by atoms with Crippen LogP contribution < -0.4 is 16.4 Å². The smallest absolute Gasteiger partial charge is 0.150 e. The second-order valence-electron chi connectivity index (χ2n) is 3.00. The number of hydrogen-bond acceptors (Lipinski definition) is 3. The van der Waals surface area contributed by atoms with Crippen molar-refractivity contribution in [3.05, 3.63) is 23.8 Å². The molecule has 3 heteroatoms. The predicted octanol–water partition coefficient (Wildman–Crippen LogP) is 1.33. The zero-order valence-corrected chi connectivity index (χ0v) is 7.09. The third-order valence-electron chi connectivity index (χ3n) is 2.11. The van der Waals surface area contributed by atoms with Gasteiger partial charge in [0.25, 0.3) is 0 Å². The third kappa shape index (κ3) is 1.12. The minimum Gasteiger partial charge on any atom is -0.352 e. The third-order valence-corrected chi connectivity index (χ3v) is 2.11. The van der Waals surface area contributed by atoms with Crippen LogP contribution in [-0.4, -0.2) is 6.29 Å². The zero-order chi connectivity index (χ0) is 8.55. The fraction of sp³-hybridized carbons (Fsp3) is 0.333. The number of aryl methyl sites for hydroxylation is 1. The Labute approximate surface area is 72.0 Å². The summed E-state index contributed by atoms with van der Waals surface area (Å²) in [7, 11) is 0. The average Bonchev–Trinajstić information content (AvgIpc) is 2.43. The van der Waals surface area contributed by atoms with Gasteiger partial charge in [0, 0.05) is 0 Å². The first-order valence-electron chi connectivity index (χ1n) is 4.21. The Morgan fingerprint density at radius 2 is 2.08 bits per heavy atom. The molecule has 1 heterocycles. The molecule has 0 spiro atoms. The van der Waals surface area contributed by atoms with Crippen LogP contribution >= 0.6 is 0 Å². The van der Waals surface area contributed by atoms with Crippen molar-refractivity contribution in [3.8, 4) is 0 Å². The quantitative estimate of drug-likeness (QED) is 0.585. The minimum atomic E-state index is -0.132. The van der Waals surface area contributed by atoms with Gasteiger partial charge in [0.15, 0.2) is 6.29 Å². The molecule has 0 aromatic heterocycles. The summed E-state index contributed by atoms with van der Waals surface area (Å²) in [4.78, 5) is 0. The standard InChI is InChI=1S/C9H13N3/c1-2-6-3-4-7-8(5-6)12-9(10)11-7/h3-5,9,11-12H,2,10H2,1H3. The SMILES string of the molecule is CCc1ccc2c(c1)NC(N)N2. The first-order chi connectivity index (χ1) is 5.79. The number of fused-ring (bicyclic) bond motifs is 1. The van der Waals surface area contributed by atoms with Crippen LogP contribution in [0.2, 0.25) is 0 Å². The van der Waals surface area contributed by atoms with Crippen LogP contribution in [0.4, 0.5) is 11.4 Å². The van der Waals surface area contributed by atoms with Gasteiger partial charge < -0.3 is 10.6 Å². The number of nitrogens with one attached hydrogen (secondary N) is 2. The summed E-state index contributed by atoms with van der Waals surface area (Å²) in [6, 6.07) is 6.31. The number of hydrogen-bond donors (Lipinski definition) is 3. The Kier molecular flexibility index (Phi) is 1.66. The molecule has 0 saturated carbocycles. The highest BCUT2D eigenvalue weighted by molar-refractivity contribution is 5.74. The van der Waals surface area contributed by atoms with Gasteiger partial charge in [-0.1, -0.05) is 13.0 Å². The highest BCUT2D eigenvalue weighted by atomic mass is 15.3. The lowest BCUT2D eigenvalue weighted by Gasteiger charge is -2.02. The fourth-order valence-electron chi connectivity index (χ4n) is 1.43. The number of rotatable bonds is 1. The molecule has 1 unspecified atom stereocenters. The summed E-state index contributed by atoms with van der Waals surface area (Å²) < 4.78 is 0. The van der Waals surface area contributed by atoms with Gasteiger partial charge in [-0.3, -0.25) is 5.73 Å². The molecule has 0 radical (unpaired) electrons. The molecule has 0 aliphatic carbocycles. The van der Waals surface area contributed by atoms with Crippen LogP contribution in [-0.2, 0) is 6.42 Å². The van der Waals surface area contributed by atoms with Crippen LogP contribution in [0.5, 0.6) is 0 Å². The van der Waals surface area contributed by atoms with Crippen LogP contribution in [0.1, 0.15) is 12.5 Å². The van der Waals surface area contributed by atoms with Gasteiger partial charge in [-0.05, 0) is 24.1 Å². The number of anilines is 2. The molecule has 0 amide bonds. The maximum absolute atomic E-state index is 5.65. The maximum atomic E-state index is 5.65. The highest BCUT2D eigenvalue weighted by Gasteiger charge is 2.14. The highest BCUT2D eigenvalue weighted by Crippen LogP contribution is 2.28. The van der Waals surface area contributed by atoms with Crippen molar-refractivity contribution in [2.45, 2.75) is 19.6 Å². The largest absolute Gasteiger partial charge is 0.352 e. The summed E-state index contributed by atoms with van der Waals surface area (Å²) in [5, 5.41) is 6.25. The second kappa shape index (κ2) is 2.68. The first kappa shape index (κ1) is 7.43. The average molecular weight is 163 g/mol. The molecule has 1 aromatic carbocycles. The van der Waals surface area contributed by atoms with Gasteiger partial charge in [-0.15, -0.1) is 0 Å². The molecule has 2 rings (SSSR count). The van der Waals surface area contributed by atoms with Crippen molar-refractivity contribution in [2.75, 3.05) is 10.6 Å². The van der Waals surface area contributed by atoms with Crippen molar-refractivity contribution in [1.29, 1.82) is 0 Å². The number of benzene rings is 1. The lowest BCUT2D eigenvalue weighted by molar-refractivity contribution is 0.902. The van der Waals surface area contributed by atoms with Crippen LogP contribution in [0, 0.1) is 0 Å². The molecular formula is C9H13N3. The van der Waals surface area contributed by atoms with Crippen LogP contribution in [0.15, 0.2) is 18.2 Å². The van der Waals surface area contributed by atoms with Gasteiger partial charge >= 0.3 is 0 Å². The topological polar surface area (TPSA) is 50.1 Å². The molecule has 1 atom stereocenters. The summed E-state index contributed by atoms with van der Waals surface area (Å²) in [5.74, 6) is 0. The van der Waals surface area contributed by atoms with Crippen LogP contribution in [0.3, 0.4) is 0 Å². The van der Waals surface area contributed by atoms with Crippen molar-refractivity contribution in [3.63, 3.8) is 0 Å². The zero-order valence-electron chi connectivity index (χ0n) is 7.09. The van der Waals surface area contributed by atoms with E-state index in [2.05, 4.69) is 35.8 Å². The Hall–Kier alpha value is -1.22. The lowest BCUT2D eigenvalue weighted by atomic mass is 10.1. The molecule has 1 aliphatic heterocycles. The van der Waals surface area contributed by atoms with E-state index >= 15 is 0 Å². The van der Waals surface area contributed by atoms with Crippen LogP contribution in [0.25, 0.3) is 0 Å². The van der Waals surface area contributed by atoms with E-state index in [1.807, 2.05) is 0 Å². The summed E-state index contributed by atoms with van der Waals surface area (Å²) in [5.41, 5.74) is 9.19. The fourth-order valence-corrected chi connectivity index (χ4v) is 1.43. The van der Waals surface area contributed by atoms with Crippen molar-refractivity contribution in [1.82, 2.24) is 0 Å². The normalized spacial score (nSPS) is 19.7. The van der Waals surface area contributed by atoms with E-state index in [4.69, 9.17) is 5.73 Å². The monoisotopic (exact) mass is 163 g/mol. The van der Waals surface area contributed by atoms with Gasteiger partial charge in [-0.2, -0.15) is 0 Å². The van der Waals surface area contributed by atoms with E-state index in [0.717, 1.165) is 17.8 Å². The molecule has 12 heavy (non-hydrogen) atoms. The molecular weight excluding hydrogens is 150 g/mol. The summed E-state index contributed by atoms with van der Waals surface area (Å²) in [6.07, 6.45) is 0.927. The molecule has 3 nitrogen and oxygen atoms in total. The molecule has 0 saturated heterocycles. The van der Waals surface area contributed by atoms with Gasteiger partial charge in [-0.25, -0.2) is 0 Å². The Morgan fingerprint density at radius 1 is 1.33 bits per heavy atom.